The van der Waals surface area contributed by atoms with Gasteiger partial charge in [-0.15, -0.1) is 0 Å². The Morgan fingerprint density at radius 1 is 0.871 bits per heavy atom. The van der Waals surface area contributed by atoms with Crippen molar-refractivity contribution in [2.75, 3.05) is 0 Å². The van der Waals surface area contributed by atoms with Crippen LogP contribution in [0.5, 0.6) is 0 Å². The van der Waals surface area contributed by atoms with Crippen LogP contribution in [0.25, 0.3) is 44.0 Å². The SMILES string of the molecule is Cc1ccc2c3c1oc1c(C(C)(C)C)ccc(c13)C(C)(C)c1c-2ncc2ccccc12. The summed E-state index contributed by atoms with van der Waals surface area (Å²) >= 11 is 0. The van der Waals surface area contributed by atoms with Gasteiger partial charge in [-0.3, -0.25) is 4.98 Å². The monoisotopic (exact) mass is 405 g/mol. The third-order valence-corrected chi connectivity index (χ3v) is 7.13. The largest absolute Gasteiger partial charge is 0.455 e. The van der Waals surface area contributed by atoms with E-state index in [2.05, 4.69) is 90.1 Å². The molecule has 0 amide bonds. The van der Waals surface area contributed by atoms with E-state index >= 15 is 0 Å². The molecule has 2 nitrogen and oxygen atoms in total. The van der Waals surface area contributed by atoms with Crippen LogP contribution in [0.4, 0.5) is 0 Å². The molecular formula is C29H27NO. The Morgan fingerprint density at radius 2 is 1.65 bits per heavy atom. The Morgan fingerprint density at radius 3 is 2.42 bits per heavy atom. The first-order chi connectivity index (χ1) is 14.7. The van der Waals surface area contributed by atoms with E-state index in [1.807, 2.05) is 6.20 Å². The summed E-state index contributed by atoms with van der Waals surface area (Å²) in [5.41, 5.74) is 9.09. The predicted octanol–water partition coefficient (Wildman–Crippen LogP) is 8.05. The summed E-state index contributed by atoms with van der Waals surface area (Å²) in [7, 11) is 0. The second kappa shape index (κ2) is 5.76. The molecule has 0 N–H and O–H groups in total. The minimum absolute atomic E-state index is 0.00524. The molecule has 0 atom stereocenters. The third-order valence-electron chi connectivity index (χ3n) is 7.13. The van der Waals surface area contributed by atoms with Crippen molar-refractivity contribution in [2.45, 2.75) is 52.4 Å². The van der Waals surface area contributed by atoms with Crippen LogP contribution in [0.3, 0.4) is 0 Å². The van der Waals surface area contributed by atoms with Crippen LogP contribution in [-0.2, 0) is 10.8 Å². The van der Waals surface area contributed by atoms with Crippen LogP contribution >= 0.6 is 0 Å². The molecule has 0 unspecified atom stereocenters. The van der Waals surface area contributed by atoms with Crippen molar-refractivity contribution in [2.24, 2.45) is 0 Å². The molecule has 31 heavy (non-hydrogen) atoms. The maximum Gasteiger partial charge on any atom is 0.139 e. The van der Waals surface area contributed by atoms with Crippen LogP contribution in [0.15, 0.2) is 59.1 Å². The van der Waals surface area contributed by atoms with Crippen LogP contribution < -0.4 is 0 Å². The fraction of sp³-hybridized carbons (Fsp3) is 0.276. The van der Waals surface area contributed by atoms with Gasteiger partial charge in [-0.05, 0) is 34.4 Å². The molecule has 0 saturated heterocycles. The molecule has 0 spiro atoms. The highest BCUT2D eigenvalue weighted by molar-refractivity contribution is 6.17. The van der Waals surface area contributed by atoms with Gasteiger partial charge in [0.05, 0.1) is 5.69 Å². The molecule has 154 valence electrons. The molecule has 3 aromatic carbocycles. The van der Waals surface area contributed by atoms with E-state index < -0.39 is 0 Å². The first-order valence-corrected chi connectivity index (χ1v) is 11.1. The van der Waals surface area contributed by atoms with E-state index in [0.717, 1.165) is 16.9 Å². The fourth-order valence-electron chi connectivity index (χ4n) is 5.55. The Balaban J connectivity index is 1.92. The maximum absolute atomic E-state index is 6.67. The van der Waals surface area contributed by atoms with Gasteiger partial charge in [0.2, 0.25) is 0 Å². The first kappa shape index (κ1) is 18.6. The molecule has 0 radical (unpaired) electrons. The molecule has 2 heterocycles. The Bertz CT molecular complexity index is 1540. The molecule has 0 aliphatic heterocycles. The summed E-state index contributed by atoms with van der Waals surface area (Å²) in [6.45, 7) is 13.6. The van der Waals surface area contributed by atoms with Gasteiger partial charge < -0.3 is 4.42 Å². The number of pyridine rings is 1. The van der Waals surface area contributed by atoms with Crippen molar-refractivity contribution in [3.8, 4) is 11.3 Å². The minimum Gasteiger partial charge on any atom is -0.455 e. The fourth-order valence-corrected chi connectivity index (χ4v) is 5.55. The van der Waals surface area contributed by atoms with Gasteiger partial charge in [-0.2, -0.15) is 0 Å². The Kier molecular flexibility index (Phi) is 3.46. The standard InChI is InChI=1S/C29H27NO/c1-16-11-12-19-22-23-20(13-14-21(28(2,3)4)27(23)31-26(16)22)29(5,6)24-18-10-8-7-9-17(18)15-30-25(19)24/h7-15H,1-6H3. The van der Waals surface area contributed by atoms with E-state index in [1.54, 1.807) is 0 Å². The van der Waals surface area contributed by atoms with Gasteiger partial charge in [0.15, 0.2) is 0 Å². The van der Waals surface area contributed by atoms with Gasteiger partial charge >= 0.3 is 0 Å². The lowest BCUT2D eigenvalue weighted by molar-refractivity contribution is 0.570. The zero-order valence-corrected chi connectivity index (χ0v) is 19.1. The van der Waals surface area contributed by atoms with Gasteiger partial charge in [0.1, 0.15) is 11.2 Å². The summed E-state index contributed by atoms with van der Waals surface area (Å²) in [5, 5.41) is 4.94. The van der Waals surface area contributed by atoms with Crippen LogP contribution in [-0.4, -0.2) is 4.98 Å². The molecule has 0 fully saturated rings. The average Bonchev–Trinajstić information content (AvgIpc) is 3.09. The lowest BCUT2D eigenvalue weighted by Gasteiger charge is -2.30. The Labute approximate surface area is 182 Å². The molecule has 0 bridgehead atoms. The molecule has 2 heteroatoms. The summed E-state index contributed by atoms with van der Waals surface area (Å²) in [6, 6.07) is 17.7. The molecule has 6 rings (SSSR count). The van der Waals surface area contributed by atoms with Crippen LogP contribution in [0, 0.1) is 6.92 Å². The van der Waals surface area contributed by atoms with Gasteiger partial charge in [0, 0.05) is 38.9 Å². The second-order valence-electron chi connectivity index (χ2n) is 10.5. The molecule has 1 aliphatic rings. The smallest absolute Gasteiger partial charge is 0.139 e. The molecule has 1 aliphatic carbocycles. The second-order valence-corrected chi connectivity index (χ2v) is 10.5. The lowest BCUT2D eigenvalue weighted by Crippen LogP contribution is -2.21. The topological polar surface area (TPSA) is 26.0 Å². The quantitative estimate of drug-likeness (QED) is 0.260. The normalized spacial score (nSPS) is 15.0. The molecule has 5 aromatic rings. The number of rotatable bonds is 0. The number of benzene rings is 3. The van der Waals surface area contributed by atoms with Crippen LogP contribution in [0.1, 0.15) is 56.9 Å². The summed E-state index contributed by atoms with van der Waals surface area (Å²) < 4.78 is 6.67. The predicted molar refractivity (Wildman–Crippen MR) is 130 cm³/mol. The number of hydrogen-bond acceptors (Lipinski definition) is 2. The number of fused-ring (bicyclic) bond motifs is 4. The van der Waals surface area contributed by atoms with Crippen molar-refractivity contribution in [3.05, 3.63) is 77.0 Å². The van der Waals surface area contributed by atoms with Crippen molar-refractivity contribution in [1.29, 1.82) is 0 Å². The number of nitrogens with zero attached hydrogens (tertiary/aromatic N) is 1. The molecule has 0 saturated carbocycles. The number of aromatic nitrogens is 1. The van der Waals surface area contributed by atoms with Crippen molar-refractivity contribution in [1.82, 2.24) is 4.98 Å². The van der Waals surface area contributed by atoms with E-state index in [4.69, 9.17) is 9.40 Å². The lowest BCUT2D eigenvalue weighted by atomic mass is 9.74. The van der Waals surface area contributed by atoms with E-state index in [0.29, 0.717) is 0 Å². The Hall–Kier alpha value is -3.13. The highest BCUT2D eigenvalue weighted by atomic mass is 16.3. The number of furan rings is 1. The van der Waals surface area contributed by atoms with Crippen molar-refractivity contribution in [3.63, 3.8) is 0 Å². The van der Waals surface area contributed by atoms with E-state index in [-0.39, 0.29) is 10.8 Å². The van der Waals surface area contributed by atoms with Gasteiger partial charge in [-0.1, -0.05) is 83.1 Å². The van der Waals surface area contributed by atoms with Crippen molar-refractivity contribution >= 4 is 32.7 Å². The molecule has 2 aromatic heterocycles. The first-order valence-electron chi connectivity index (χ1n) is 11.1. The summed E-state index contributed by atoms with van der Waals surface area (Å²) in [6.07, 6.45) is 2.02. The zero-order chi connectivity index (χ0) is 21.7. The zero-order valence-electron chi connectivity index (χ0n) is 19.1. The highest BCUT2D eigenvalue weighted by Crippen LogP contribution is 2.52. The highest BCUT2D eigenvalue weighted by Gasteiger charge is 2.37. The molecular weight excluding hydrogens is 378 g/mol. The van der Waals surface area contributed by atoms with E-state index in [9.17, 15) is 0 Å². The summed E-state index contributed by atoms with van der Waals surface area (Å²) in [5.74, 6) is 0. The number of hydrogen-bond donors (Lipinski definition) is 0. The average molecular weight is 406 g/mol. The number of aryl methyl sites for hydroxylation is 1. The van der Waals surface area contributed by atoms with E-state index in [1.165, 1.54) is 49.4 Å². The van der Waals surface area contributed by atoms with Gasteiger partial charge in [0.25, 0.3) is 0 Å². The van der Waals surface area contributed by atoms with Crippen LogP contribution in [0.2, 0.25) is 0 Å². The summed E-state index contributed by atoms with van der Waals surface area (Å²) in [4.78, 5) is 5.04. The van der Waals surface area contributed by atoms with Crippen molar-refractivity contribution < 1.29 is 4.42 Å². The maximum atomic E-state index is 6.67. The minimum atomic E-state index is -0.221. The van der Waals surface area contributed by atoms with Gasteiger partial charge in [-0.25, -0.2) is 0 Å². The third kappa shape index (κ3) is 2.31.